The van der Waals surface area contributed by atoms with Crippen molar-refractivity contribution < 1.29 is 14.3 Å². The van der Waals surface area contributed by atoms with Crippen molar-refractivity contribution in [3.63, 3.8) is 0 Å². The number of nitrogens with one attached hydrogen (secondary N) is 2. The average molecular weight is 456 g/mol. The van der Waals surface area contributed by atoms with Gasteiger partial charge in [-0.25, -0.2) is 4.98 Å². The third-order valence-corrected chi connectivity index (χ3v) is 5.45. The minimum Gasteiger partial charge on any atom is -0.489 e. The molecule has 0 unspecified atom stereocenters. The van der Waals surface area contributed by atoms with Gasteiger partial charge in [0, 0.05) is 24.3 Å². The summed E-state index contributed by atoms with van der Waals surface area (Å²) in [5.41, 5.74) is 3.28. The quantitative estimate of drug-likeness (QED) is 0.480. The van der Waals surface area contributed by atoms with Crippen molar-refractivity contribution in [1.82, 2.24) is 15.3 Å². The lowest BCUT2D eigenvalue weighted by Crippen LogP contribution is -2.49. The monoisotopic (exact) mass is 455 g/mol. The molecule has 34 heavy (non-hydrogen) atoms. The van der Waals surface area contributed by atoms with Crippen LogP contribution in [0.2, 0.25) is 0 Å². The van der Waals surface area contributed by atoms with Crippen LogP contribution in [0.25, 0.3) is 10.9 Å². The Bertz CT molecular complexity index is 1330. The number of aromatic nitrogens is 2. The van der Waals surface area contributed by atoms with Gasteiger partial charge in [0.2, 0.25) is 0 Å². The van der Waals surface area contributed by atoms with E-state index in [1.54, 1.807) is 37.6 Å². The first-order valence-electron chi connectivity index (χ1n) is 10.5. The minimum absolute atomic E-state index is 0. The van der Waals surface area contributed by atoms with E-state index in [0.717, 1.165) is 22.3 Å². The standard InChI is InChI=1S/C25H21N5O3.CH4/c1-30-23-18-8-5-13-26-19(18)11-12-22(23)33-15-21(25(30)32)29-24(31)20-10-9-17(14-27-20)28-16-6-3-2-4-7-16;/h2-14,21,28H,15H2,1H3,(H,29,31);1H4/t21-;/m0./s1. The van der Waals surface area contributed by atoms with Crippen LogP contribution in [0.3, 0.4) is 0 Å². The molecule has 0 fully saturated rings. The Kier molecular flexibility index (Phi) is 6.40. The van der Waals surface area contributed by atoms with E-state index in [-0.39, 0.29) is 25.6 Å². The molecule has 2 N–H and O–H groups in total. The lowest BCUT2D eigenvalue weighted by molar-refractivity contribution is -0.120. The first-order chi connectivity index (χ1) is 16.1. The normalized spacial score (nSPS) is 14.9. The third kappa shape index (κ3) is 4.38. The topological polar surface area (TPSA) is 96.5 Å². The molecule has 5 rings (SSSR count). The van der Waals surface area contributed by atoms with E-state index in [9.17, 15) is 9.59 Å². The molecule has 2 aromatic heterocycles. The Hall–Kier alpha value is -4.46. The highest BCUT2D eigenvalue weighted by Gasteiger charge is 2.32. The Balaban J connectivity index is 0.00000274. The largest absolute Gasteiger partial charge is 0.489 e. The number of pyridine rings is 2. The van der Waals surface area contributed by atoms with E-state index in [0.29, 0.717) is 11.4 Å². The molecule has 0 aliphatic carbocycles. The third-order valence-electron chi connectivity index (χ3n) is 5.45. The molecule has 0 spiro atoms. The van der Waals surface area contributed by atoms with Gasteiger partial charge < -0.3 is 20.3 Å². The second kappa shape index (κ2) is 9.58. The van der Waals surface area contributed by atoms with Crippen molar-refractivity contribution in [2.45, 2.75) is 13.5 Å². The number of carbonyl (C=O) groups is 2. The zero-order chi connectivity index (χ0) is 22.8. The van der Waals surface area contributed by atoms with Crippen LogP contribution in [-0.2, 0) is 4.79 Å². The average Bonchev–Trinajstić information content (AvgIpc) is 2.97. The minimum atomic E-state index is -0.856. The second-order valence-electron chi connectivity index (χ2n) is 7.64. The van der Waals surface area contributed by atoms with Crippen LogP contribution in [0.5, 0.6) is 5.75 Å². The van der Waals surface area contributed by atoms with E-state index in [1.165, 1.54) is 4.90 Å². The molecule has 3 heterocycles. The molecule has 8 heteroatoms. The molecule has 8 nitrogen and oxygen atoms in total. The lowest BCUT2D eigenvalue weighted by atomic mass is 10.1. The Morgan fingerprint density at radius 2 is 1.82 bits per heavy atom. The first kappa shape index (κ1) is 22.7. The maximum absolute atomic E-state index is 13.2. The fraction of sp³-hybridized carbons (Fsp3) is 0.154. The smallest absolute Gasteiger partial charge is 0.270 e. The van der Waals surface area contributed by atoms with Crippen LogP contribution in [-0.4, -0.2) is 41.5 Å². The lowest BCUT2D eigenvalue weighted by Gasteiger charge is -2.21. The molecular formula is C26H25N5O3. The summed E-state index contributed by atoms with van der Waals surface area (Å²) in [6, 6.07) is 19.5. The van der Waals surface area contributed by atoms with E-state index in [2.05, 4.69) is 20.6 Å². The molecule has 1 aliphatic heterocycles. The number of hydrogen-bond donors (Lipinski definition) is 2. The van der Waals surface area contributed by atoms with Crippen LogP contribution in [0.15, 0.2) is 79.1 Å². The van der Waals surface area contributed by atoms with Gasteiger partial charge >= 0.3 is 0 Å². The molecule has 172 valence electrons. The number of nitrogens with zero attached hydrogens (tertiary/aromatic N) is 3. The van der Waals surface area contributed by atoms with Crippen molar-refractivity contribution in [3.05, 3.63) is 84.8 Å². The summed E-state index contributed by atoms with van der Waals surface area (Å²) in [6.07, 6.45) is 3.28. The van der Waals surface area contributed by atoms with E-state index < -0.39 is 11.9 Å². The highest BCUT2D eigenvalue weighted by Crippen LogP contribution is 2.37. The van der Waals surface area contributed by atoms with Gasteiger partial charge in [0.05, 0.1) is 23.1 Å². The van der Waals surface area contributed by atoms with Gasteiger partial charge in [-0.1, -0.05) is 25.6 Å². The van der Waals surface area contributed by atoms with Gasteiger partial charge in [-0.2, -0.15) is 0 Å². The first-order valence-corrected chi connectivity index (χ1v) is 10.5. The van der Waals surface area contributed by atoms with E-state index in [1.807, 2.05) is 48.5 Å². The molecule has 0 saturated carbocycles. The van der Waals surface area contributed by atoms with Gasteiger partial charge in [0.15, 0.2) is 0 Å². The molecule has 2 aromatic carbocycles. The van der Waals surface area contributed by atoms with Gasteiger partial charge in [-0.15, -0.1) is 0 Å². The number of benzene rings is 2. The Morgan fingerprint density at radius 3 is 2.59 bits per heavy atom. The summed E-state index contributed by atoms with van der Waals surface area (Å²) in [7, 11) is 1.67. The van der Waals surface area contributed by atoms with Gasteiger partial charge in [0.1, 0.15) is 24.1 Å². The molecule has 0 saturated heterocycles. The van der Waals surface area contributed by atoms with E-state index >= 15 is 0 Å². The molecule has 1 aliphatic rings. The number of anilines is 3. The molecule has 2 amide bonds. The van der Waals surface area contributed by atoms with Gasteiger partial charge in [0.25, 0.3) is 11.8 Å². The molecule has 1 atom stereocenters. The van der Waals surface area contributed by atoms with Crippen LogP contribution in [0.4, 0.5) is 17.1 Å². The Labute approximate surface area is 197 Å². The predicted octanol–water partition coefficient (Wildman–Crippen LogP) is 4.16. The number of hydrogen-bond acceptors (Lipinski definition) is 6. The maximum atomic E-state index is 13.2. The molecular weight excluding hydrogens is 430 g/mol. The number of likely N-dealkylation sites (N-methyl/N-ethyl adjacent to an activating group) is 1. The van der Waals surface area contributed by atoms with Crippen LogP contribution < -0.4 is 20.3 Å². The van der Waals surface area contributed by atoms with Gasteiger partial charge in [-0.05, 0) is 48.5 Å². The molecule has 0 bridgehead atoms. The molecule has 0 radical (unpaired) electrons. The summed E-state index contributed by atoms with van der Waals surface area (Å²) < 4.78 is 5.90. The summed E-state index contributed by atoms with van der Waals surface area (Å²) in [5, 5.41) is 6.78. The summed E-state index contributed by atoms with van der Waals surface area (Å²) in [5.74, 6) is -0.160. The van der Waals surface area contributed by atoms with Crippen LogP contribution in [0.1, 0.15) is 17.9 Å². The summed E-state index contributed by atoms with van der Waals surface area (Å²) in [6.45, 7) is 0.0152. The van der Waals surface area contributed by atoms with Crippen molar-refractivity contribution in [2.75, 3.05) is 23.9 Å². The van der Waals surface area contributed by atoms with Crippen molar-refractivity contribution >= 4 is 39.8 Å². The van der Waals surface area contributed by atoms with Gasteiger partial charge in [-0.3, -0.25) is 14.6 Å². The highest BCUT2D eigenvalue weighted by atomic mass is 16.5. The van der Waals surface area contributed by atoms with Crippen molar-refractivity contribution in [1.29, 1.82) is 0 Å². The second-order valence-corrected chi connectivity index (χ2v) is 7.64. The maximum Gasteiger partial charge on any atom is 0.270 e. The zero-order valence-corrected chi connectivity index (χ0v) is 17.9. The number of ether oxygens (including phenoxy) is 1. The highest BCUT2D eigenvalue weighted by molar-refractivity contribution is 6.08. The number of para-hydroxylation sites is 1. The SMILES string of the molecule is C.CN1C(=O)[C@@H](NC(=O)c2ccc(Nc3ccccc3)cn2)COc2ccc3ncccc3c21. The van der Waals surface area contributed by atoms with Crippen LogP contribution >= 0.6 is 0 Å². The van der Waals surface area contributed by atoms with Crippen molar-refractivity contribution in [3.8, 4) is 5.75 Å². The Morgan fingerprint density at radius 1 is 1.00 bits per heavy atom. The number of carbonyl (C=O) groups excluding carboxylic acids is 2. The number of fused-ring (bicyclic) bond motifs is 3. The summed E-state index contributed by atoms with van der Waals surface area (Å²) in [4.78, 5) is 36.1. The predicted molar refractivity (Wildman–Crippen MR) is 133 cm³/mol. The fourth-order valence-corrected chi connectivity index (χ4v) is 3.79. The fourth-order valence-electron chi connectivity index (χ4n) is 3.79. The number of rotatable bonds is 4. The van der Waals surface area contributed by atoms with E-state index in [4.69, 9.17) is 4.74 Å². The number of amides is 2. The zero-order valence-electron chi connectivity index (χ0n) is 17.9. The van der Waals surface area contributed by atoms with Crippen LogP contribution in [0, 0.1) is 0 Å². The summed E-state index contributed by atoms with van der Waals surface area (Å²) >= 11 is 0. The van der Waals surface area contributed by atoms with Crippen molar-refractivity contribution in [2.24, 2.45) is 0 Å². The molecule has 4 aromatic rings.